The fourth-order valence-corrected chi connectivity index (χ4v) is 5.52. The second-order valence-corrected chi connectivity index (χ2v) is 9.77. The molecule has 3 heterocycles. The molecule has 180 valence electrons. The second kappa shape index (κ2) is 7.41. The van der Waals surface area contributed by atoms with E-state index in [0.29, 0.717) is 0 Å². The van der Waals surface area contributed by atoms with Crippen LogP contribution in [0, 0.1) is 11.8 Å². The molecule has 0 spiro atoms. The molecule has 2 unspecified atom stereocenters. The van der Waals surface area contributed by atoms with Crippen LogP contribution in [-0.4, -0.2) is 68.9 Å². The summed E-state index contributed by atoms with van der Waals surface area (Å²) in [4.78, 5) is 32.1. The van der Waals surface area contributed by atoms with Crippen molar-refractivity contribution >= 4 is 29.0 Å². The van der Waals surface area contributed by atoms with E-state index in [2.05, 4.69) is 4.98 Å². The molecule has 0 bridgehead atoms. The van der Waals surface area contributed by atoms with Gasteiger partial charge < -0.3 is 14.4 Å². The number of carbonyl (C=O) groups excluding carboxylic acids is 2. The van der Waals surface area contributed by atoms with Gasteiger partial charge in [0.05, 0.1) is 5.57 Å². The number of rotatable bonds is 3. The van der Waals surface area contributed by atoms with E-state index in [-0.39, 0.29) is 42.3 Å². The number of carbonyl (C=O) groups is 2. The standard InChI is InChI=1S/C21H22ClF5N4O2/c1-10-13(11-2-3-11)6-14(21(25,26)27)18-28-16(17(22)31(10)18)19(33)29-4-5-30(15(32)9-29)12-7-20(23,24)8-12/h6,10-13H,2-5,7-9H2,1H3. The highest BCUT2D eigenvalue weighted by atomic mass is 35.5. The molecule has 2 aliphatic heterocycles. The van der Waals surface area contributed by atoms with Gasteiger partial charge in [-0.2, -0.15) is 13.2 Å². The minimum Gasteiger partial charge on any atom is -0.336 e. The molecule has 2 aliphatic carbocycles. The first kappa shape index (κ1) is 22.6. The van der Waals surface area contributed by atoms with Gasteiger partial charge in [-0.15, -0.1) is 0 Å². The minimum absolute atomic E-state index is 0.0629. The molecular formula is C21H22ClF5N4O2. The molecule has 0 N–H and O–H groups in total. The van der Waals surface area contributed by atoms with Crippen molar-refractivity contribution in [2.75, 3.05) is 19.6 Å². The smallest absolute Gasteiger partial charge is 0.336 e. The lowest BCUT2D eigenvalue weighted by Crippen LogP contribution is -2.60. The molecule has 5 rings (SSSR count). The van der Waals surface area contributed by atoms with Crippen LogP contribution in [0.15, 0.2) is 6.08 Å². The van der Waals surface area contributed by atoms with Crippen LogP contribution in [0.4, 0.5) is 22.0 Å². The largest absolute Gasteiger partial charge is 0.419 e. The zero-order chi connectivity index (χ0) is 23.9. The first-order chi connectivity index (χ1) is 15.4. The van der Waals surface area contributed by atoms with Gasteiger partial charge in [0.15, 0.2) is 5.69 Å². The summed E-state index contributed by atoms with van der Waals surface area (Å²) in [5.41, 5.74) is -1.24. The normalized spacial score (nSPS) is 27.8. The topological polar surface area (TPSA) is 58.4 Å². The van der Waals surface area contributed by atoms with Crippen LogP contribution in [0.2, 0.25) is 5.15 Å². The Labute approximate surface area is 191 Å². The van der Waals surface area contributed by atoms with Crippen molar-refractivity contribution in [2.45, 2.75) is 56.8 Å². The molecule has 6 nitrogen and oxygen atoms in total. The number of halogens is 6. The fourth-order valence-electron chi connectivity index (χ4n) is 5.17. The number of allylic oxidation sites excluding steroid dienone is 2. The summed E-state index contributed by atoms with van der Waals surface area (Å²) in [6, 6.07) is -0.966. The Bertz CT molecular complexity index is 1040. The number of hydrogen-bond acceptors (Lipinski definition) is 3. The van der Waals surface area contributed by atoms with Crippen LogP contribution < -0.4 is 0 Å². The van der Waals surface area contributed by atoms with Gasteiger partial charge in [0.1, 0.15) is 17.5 Å². The summed E-state index contributed by atoms with van der Waals surface area (Å²) in [6.07, 6.45) is -2.59. The van der Waals surface area contributed by atoms with Crippen LogP contribution in [0.1, 0.15) is 55.0 Å². The number of fused-ring (bicyclic) bond motifs is 1. The van der Waals surface area contributed by atoms with E-state index in [1.807, 2.05) is 0 Å². The van der Waals surface area contributed by atoms with E-state index in [1.165, 1.54) is 15.5 Å². The van der Waals surface area contributed by atoms with E-state index in [1.54, 1.807) is 6.92 Å². The third-order valence-electron chi connectivity index (χ3n) is 7.15. The predicted molar refractivity (Wildman–Crippen MR) is 108 cm³/mol. The molecule has 12 heteroatoms. The van der Waals surface area contributed by atoms with Crippen molar-refractivity contribution in [1.29, 1.82) is 0 Å². The van der Waals surface area contributed by atoms with Crippen LogP contribution in [0.5, 0.6) is 0 Å². The van der Waals surface area contributed by atoms with Crippen LogP contribution in [0.25, 0.3) is 5.57 Å². The lowest BCUT2D eigenvalue weighted by atomic mass is 9.86. The van der Waals surface area contributed by atoms with Crippen LogP contribution >= 0.6 is 11.6 Å². The molecule has 2 atom stereocenters. The third-order valence-corrected chi connectivity index (χ3v) is 7.51. The Hall–Kier alpha value is -2.17. The van der Waals surface area contributed by atoms with Gasteiger partial charge >= 0.3 is 6.18 Å². The molecule has 2 saturated carbocycles. The Morgan fingerprint density at radius 3 is 2.42 bits per heavy atom. The van der Waals surface area contributed by atoms with Crippen molar-refractivity contribution in [2.24, 2.45) is 11.8 Å². The molecule has 0 aromatic carbocycles. The van der Waals surface area contributed by atoms with Gasteiger partial charge in [-0.25, -0.2) is 13.8 Å². The summed E-state index contributed by atoms with van der Waals surface area (Å²) in [5.74, 6) is -4.64. The average Bonchev–Trinajstić information content (AvgIpc) is 3.48. The molecule has 33 heavy (non-hydrogen) atoms. The number of amides is 2. The molecule has 1 aromatic heterocycles. The second-order valence-electron chi connectivity index (χ2n) is 9.41. The highest BCUT2D eigenvalue weighted by molar-refractivity contribution is 6.32. The fraction of sp³-hybridized carbons (Fsp3) is 0.667. The van der Waals surface area contributed by atoms with E-state index in [9.17, 15) is 31.5 Å². The molecule has 3 fully saturated rings. The van der Waals surface area contributed by atoms with E-state index >= 15 is 0 Å². The SMILES string of the molecule is CC1C(C2CC2)C=C(C(F)(F)F)c2nc(C(=O)N3CCN(C4CC(F)(F)C4)C(=O)C3)c(Cl)n21. The number of alkyl halides is 5. The van der Waals surface area contributed by atoms with Gasteiger partial charge in [0.2, 0.25) is 5.91 Å². The van der Waals surface area contributed by atoms with Crippen LogP contribution in [0.3, 0.4) is 0 Å². The molecule has 4 aliphatic rings. The van der Waals surface area contributed by atoms with E-state index in [4.69, 9.17) is 11.6 Å². The van der Waals surface area contributed by atoms with Crippen molar-refractivity contribution < 1.29 is 31.5 Å². The Kier molecular flexibility index (Phi) is 5.08. The summed E-state index contributed by atoms with van der Waals surface area (Å²) in [6.45, 7) is 1.54. The molecule has 2 amide bonds. The number of aromatic nitrogens is 2. The van der Waals surface area contributed by atoms with E-state index in [0.717, 1.165) is 17.7 Å². The average molecular weight is 493 g/mol. The van der Waals surface area contributed by atoms with Gasteiger partial charge in [0, 0.05) is 43.9 Å². The molecular weight excluding hydrogens is 471 g/mol. The monoisotopic (exact) mass is 492 g/mol. The zero-order valence-electron chi connectivity index (χ0n) is 17.7. The third kappa shape index (κ3) is 3.81. The first-order valence-corrected chi connectivity index (χ1v) is 11.3. The maximum absolute atomic E-state index is 13.8. The summed E-state index contributed by atoms with van der Waals surface area (Å²) >= 11 is 6.42. The minimum atomic E-state index is -4.66. The maximum atomic E-state index is 13.8. The zero-order valence-corrected chi connectivity index (χ0v) is 18.5. The number of hydrogen-bond donors (Lipinski definition) is 0. The highest BCUT2D eigenvalue weighted by Crippen LogP contribution is 2.50. The Morgan fingerprint density at radius 2 is 1.88 bits per heavy atom. The van der Waals surface area contributed by atoms with Gasteiger partial charge in [-0.1, -0.05) is 17.7 Å². The number of piperazine rings is 1. The lowest BCUT2D eigenvalue weighted by molar-refractivity contribution is -0.157. The van der Waals surface area contributed by atoms with Crippen molar-refractivity contribution in [3.05, 3.63) is 22.7 Å². The highest BCUT2D eigenvalue weighted by Gasteiger charge is 2.51. The summed E-state index contributed by atoms with van der Waals surface area (Å²) < 4.78 is 69.0. The van der Waals surface area contributed by atoms with Gasteiger partial charge in [-0.3, -0.25) is 9.59 Å². The van der Waals surface area contributed by atoms with Crippen molar-refractivity contribution in [3.63, 3.8) is 0 Å². The quantitative estimate of drug-likeness (QED) is 0.595. The van der Waals surface area contributed by atoms with E-state index < -0.39 is 60.2 Å². The lowest BCUT2D eigenvalue weighted by Gasteiger charge is -2.45. The van der Waals surface area contributed by atoms with Crippen molar-refractivity contribution in [3.8, 4) is 0 Å². The predicted octanol–water partition coefficient (Wildman–Crippen LogP) is 4.17. The van der Waals surface area contributed by atoms with Crippen LogP contribution in [-0.2, 0) is 4.79 Å². The molecule has 1 aromatic rings. The van der Waals surface area contributed by atoms with Gasteiger partial charge in [-0.05, 0) is 25.7 Å². The summed E-state index contributed by atoms with van der Waals surface area (Å²) in [5, 5.41) is -0.184. The first-order valence-electron chi connectivity index (χ1n) is 10.9. The van der Waals surface area contributed by atoms with Crippen molar-refractivity contribution in [1.82, 2.24) is 19.4 Å². The maximum Gasteiger partial charge on any atom is 0.419 e. The van der Waals surface area contributed by atoms with Gasteiger partial charge in [0.25, 0.3) is 11.8 Å². The molecule has 0 radical (unpaired) electrons. The Morgan fingerprint density at radius 1 is 1.21 bits per heavy atom. The molecule has 1 saturated heterocycles. The number of imidazole rings is 1. The summed E-state index contributed by atoms with van der Waals surface area (Å²) in [7, 11) is 0. The number of nitrogens with zero attached hydrogens (tertiary/aromatic N) is 4. The Balaban J connectivity index is 1.39.